The molecule has 1 atom stereocenters. The number of fused-ring (bicyclic) bond motifs is 1. The van der Waals surface area contributed by atoms with Gasteiger partial charge in [-0.25, -0.2) is 9.98 Å². The third-order valence-electron chi connectivity index (χ3n) is 3.84. The summed E-state index contributed by atoms with van der Waals surface area (Å²) in [6.45, 7) is 0. The van der Waals surface area contributed by atoms with Crippen LogP contribution in [-0.4, -0.2) is 15.9 Å². The number of nitrogens with two attached hydrogens (primary N) is 2. The first-order chi connectivity index (χ1) is 12.9. The first-order valence-corrected chi connectivity index (χ1v) is 8.09. The summed E-state index contributed by atoms with van der Waals surface area (Å²) in [6, 6.07) is 5.34. The van der Waals surface area contributed by atoms with E-state index in [0.29, 0.717) is 4.47 Å². The molecule has 134 valence electrons. The summed E-state index contributed by atoms with van der Waals surface area (Å²) in [6.07, 6.45) is 1.71. The molecule has 11 nitrogen and oxygen atoms in total. The van der Waals surface area contributed by atoms with Crippen LogP contribution in [0.2, 0.25) is 0 Å². The molecule has 0 amide bonds. The Morgan fingerprint density at radius 2 is 2.11 bits per heavy atom. The second kappa shape index (κ2) is 6.78. The van der Waals surface area contributed by atoms with Crippen LogP contribution in [0.5, 0.6) is 0 Å². The molecule has 0 saturated carbocycles. The van der Waals surface area contributed by atoms with E-state index in [2.05, 4.69) is 36.5 Å². The average molecular weight is 428 g/mol. The lowest BCUT2D eigenvalue weighted by Crippen LogP contribution is -2.33. The normalized spacial score (nSPS) is 14.8. The Bertz CT molecular complexity index is 1080. The maximum absolute atomic E-state index is 11.5. The van der Waals surface area contributed by atoms with Crippen molar-refractivity contribution in [3.63, 3.8) is 0 Å². The maximum Gasteiger partial charge on any atom is 0.276 e. The Labute approximate surface area is 160 Å². The highest BCUT2D eigenvalue weighted by atomic mass is 79.9. The van der Waals surface area contributed by atoms with Gasteiger partial charge in [0.25, 0.3) is 5.69 Å². The third-order valence-corrected chi connectivity index (χ3v) is 4.33. The van der Waals surface area contributed by atoms with Gasteiger partial charge in [-0.2, -0.15) is 10.5 Å². The number of nitrogens with zero attached hydrogens (tertiary/aromatic N) is 5. The number of anilines is 3. The average Bonchev–Trinajstić information content (AvgIpc) is 2.61. The van der Waals surface area contributed by atoms with Crippen molar-refractivity contribution in [1.82, 2.24) is 10.3 Å². The Morgan fingerprint density at radius 1 is 1.37 bits per heavy atom. The SMILES string of the molecule is N#CNC1=NC(c2ccc(Br)cc2[N+](=O)[O-])c2c(nc(N)c(C#N)c2N)N1. The van der Waals surface area contributed by atoms with Crippen LogP contribution in [0, 0.1) is 32.9 Å². The Hall–Kier alpha value is -3.90. The lowest BCUT2D eigenvalue weighted by Gasteiger charge is -2.26. The number of aromatic nitrogens is 1. The van der Waals surface area contributed by atoms with E-state index in [1.54, 1.807) is 12.3 Å². The number of nitrogens with one attached hydrogen (secondary N) is 2. The highest BCUT2D eigenvalue weighted by Crippen LogP contribution is 2.43. The van der Waals surface area contributed by atoms with Crippen molar-refractivity contribution >= 4 is 44.9 Å². The summed E-state index contributed by atoms with van der Waals surface area (Å²) >= 11 is 3.20. The lowest BCUT2D eigenvalue weighted by molar-refractivity contribution is -0.385. The van der Waals surface area contributed by atoms with Gasteiger partial charge in [-0.15, -0.1) is 0 Å². The number of nitriles is 2. The number of halogens is 1. The second-order valence-corrected chi connectivity index (χ2v) is 6.28. The summed E-state index contributed by atoms with van der Waals surface area (Å²) < 4.78 is 0.507. The zero-order valence-electron chi connectivity index (χ0n) is 13.4. The number of hydrogen-bond donors (Lipinski definition) is 4. The summed E-state index contributed by atoms with van der Waals surface area (Å²) in [4.78, 5) is 19.4. The second-order valence-electron chi connectivity index (χ2n) is 5.36. The van der Waals surface area contributed by atoms with Crippen LogP contribution >= 0.6 is 15.9 Å². The number of benzene rings is 1. The molecule has 12 heteroatoms. The fourth-order valence-electron chi connectivity index (χ4n) is 2.71. The topological polar surface area (TPSA) is 192 Å². The summed E-state index contributed by atoms with van der Waals surface area (Å²) in [5.41, 5.74) is 12.1. The van der Waals surface area contributed by atoms with Gasteiger partial charge >= 0.3 is 0 Å². The van der Waals surface area contributed by atoms with Gasteiger partial charge in [0.05, 0.1) is 16.2 Å². The van der Waals surface area contributed by atoms with Crippen molar-refractivity contribution < 1.29 is 4.92 Å². The number of aliphatic imine (C=N–C) groups is 1. The molecule has 2 aromatic rings. The van der Waals surface area contributed by atoms with Crippen LogP contribution in [0.4, 0.5) is 23.0 Å². The van der Waals surface area contributed by atoms with Crippen molar-refractivity contribution in [2.24, 2.45) is 4.99 Å². The largest absolute Gasteiger partial charge is 0.397 e. The summed E-state index contributed by atoms with van der Waals surface area (Å²) in [7, 11) is 0. The molecule has 1 aromatic carbocycles. The van der Waals surface area contributed by atoms with Gasteiger partial charge in [0, 0.05) is 16.1 Å². The maximum atomic E-state index is 11.5. The highest BCUT2D eigenvalue weighted by Gasteiger charge is 2.33. The molecule has 0 spiro atoms. The molecule has 0 saturated heterocycles. The first-order valence-electron chi connectivity index (χ1n) is 7.30. The molecule has 6 N–H and O–H groups in total. The molecular formula is C15H10BrN9O2. The van der Waals surface area contributed by atoms with E-state index in [4.69, 9.17) is 16.7 Å². The minimum absolute atomic E-state index is 0.00877. The molecule has 1 aliphatic rings. The van der Waals surface area contributed by atoms with E-state index in [-0.39, 0.29) is 45.7 Å². The molecule has 0 bridgehead atoms. The lowest BCUT2D eigenvalue weighted by atomic mass is 9.94. The molecule has 1 aliphatic heterocycles. The predicted octanol–water partition coefficient (Wildman–Crippen LogP) is 1.73. The Morgan fingerprint density at radius 3 is 2.74 bits per heavy atom. The van der Waals surface area contributed by atoms with Gasteiger partial charge < -0.3 is 16.8 Å². The fraction of sp³-hybridized carbons (Fsp3) is 0.0667. The van der Waals surface area contributed by atoms with Gasteiger partial charge in [0.1, 0.15) is 29.3 Å². The Kier molecular flexibility index (Phi) is 4.50. The van der Waals surface area contributed by atoms with Crippen molar-refractivity contribution in [2.75, 3.05) is 16.8 Å². The van der Waals surface area contributed by atoms with Crippen molar-refractivity contribution in [3.8, 4) is 12.3 Å². The van der Waals surface area contributed by atoms with Crippen LogP contribution in [0.25, 0.3) is 0 Å². The van der Waals surface area contributed by atoms with E-state index >= 15 is 0 Å². The number of hydrogen-bond acceptors (Lipinski definition) is 10. The zero-order chi connectivity index (χ0) is 19.7. The zero-order valence-corrected chi connectivity index (χ0v) is 15.0. The molecule has 0 radical (unpaired) electrons. The smallest absolute Gasteiger partial charge is 0.276 e. The number of guanidine groups is 1. The monoisotopic (exact) mass is 427 g/mol. The van der Waals surface area contributed by atoms with Crippen molar-refractivity contribution in [1.29, 1.82) is 10.5 Å². The van der Waals surface area contributed by atoms with Gasteiger partial charge in [-0.05, 0) is 12.1 Å². The van der Waals surface area contributed by atoms with Crippen LogP contribution < -0.4 is 22.1 Å². The quantitative estimate of drug-likeness (QED) is 0.239. The molecule has 0 aliphatic carbocycles. The molecule has 2 heterocycles. The minimum atomic E-state index is -0.981. The summed E-state index contributed by atoms with van der Waals surface area (Å²) in [5.74, 6) is 0.0608. The van der Waals surface area contributed by atoms with Crippen molar-refractivity contribution in [2.45, 2.75) is 6.04 Å². The van der Waals surface area contributed by atoms with E-state index in [0.717, 1.165) is 0 Å². The van der Waals surface area contributed by atoms with E-state index in [9.17, 15) is 15.4 Å². The number of nitro groups is 1. The highest BCUT2D eigenvalue weighted by molar-refractivity contribution is 9.10. The number of pyridine rings is 1. The molecule has 0 fully saturated rings. The molecule has 27 heavy (non-hydrogen) atoms. The Balaban J connectivity index is 2.32. The van der Waals surface area contributed by atoms with Crippen LogP contribution in [0.3, 0.4) is 0 Å². The minimum Gasteiger partial charge on any atom is -0.397 e. The standard InChI is InChI=1S/C15H10BrN9O2/c16-6-1-2-7(9(3-6)25(26)27)12-10-11(19)8(4-17)13(20)23-14(10)24-15(22-12)21-5-18/h1-3,12H,(H6,19,20,21,22,23,24). The number of nitro benzene ring substituents is 1. The van der Waals surface area contributed by atoms with Crippen LogP contribution in [0.1, 0.15) is 22.7 Å². The molecule has 1 unspecified atom stereocenters. The van der Waals surface area contributed by atoms with E-state index in [1.165, 1.54) is 12.1 Å². The first kappa shape index (κ1) is 17.9. The van der Waals surface area contributed by atoms with Crippen LogP contribution in [0.15, 0.2) is 27.7 Å². The summed E-state index contributed by atoms with van der Waals surface area (Å²) in [5, 5.41) is 34.8. The molecular weight excluding hydrogens is 418 g/mol. The predicted molar refractivity (Wildman–Crippen MR) is 100 cm³/mol. The van der Waals surface area contributed by atoms with Gasteiger partial charge in [-0.3, -0.25) is 15.4 Å². The van der Waals surface area contributed by atoms with Crippen LogP contribution in [-0.2, 0) is 0 Å². The van der Waals surface area contributed by atoms with Crippen molar-refractivity contribution in [3.05, 3.63) is 49.5 Å². The third kappa shape index (κ3) is 3.05. The van der Waals surface area contributed by atoms with E-state index < -0.39 is 11.0 Å². The van der Waals surface area contributed by atoms with Gasteiger partial charge in [0.15, 0.2) is 6.19 Å². The van der Waals surface area contributed by atoms with E-state index in [1.807, 2.05) is 6.07 Å². The van der Waals surface area contributed by atoms with Gasteiger partial charge in [-0.1, -0.05) is 15.9 Å². The van der Waals surface area contributed by atoms with Gasteiger partial charge in [0.2, 0.25) is 5.96 Å². The fourth-order valence-corrected chi connectivity index (χ4v) is 3.06. The molecule has 3 rings (SSSR count). The molecule has 1 aromatic heterocycles. The number of nitrogen functional groups attached to an aromatic ring is 2. The number of rotatable bonds is 2.